The van der Waals surface area contributed by atoms with Crippen LogP contribution < -0.4 is 10.6 Å². The van der Waals surface area contributed by atoms with Gasteiger partial charge in [-0.2, -0.15) is 13.2 Å². The summed E-state index contributed by atoms with van der Waals surface area (Å²) < 4.78 is 38.5. The molecule has 2 N–H and O–H groups in total. The smallest absolute Gasteiger partial charge is 0.385 e. The molecule has 22 heavy (non-hydrogen) atoms. The van der Waals surface area contributed by atoms with Gasteiger partial charge in [-0.25, -0.2) is 0 Å². The summed E-state index contributed by atoms with van der Waals surface area (Å²) in [5, 5.41) is 6.27. The number of aromatic nitrogens is 1. The number of halogens is 3. The quantitative estimate of drug-likeness (QED) is 0.766. The van der Waals surface area contributed by atoms with Gasteiger partial charge in [-0.1, -0.05) is 18.2 Å². The Bertz CT molecular complexity index is 570. The van der Waals surface area contributed by atoms with Crippen LogP contribution in [0.2, 0.25) is 0 Å². The van der Waals surface area contributed by atoms with E-state index in [0.29, 0.717) is 6.54 Å². The molecular formula is C16H18F3N3. The summed E-state index contributed by atoms with van der Waals surface area (Å²) in [6.07, 6.45) is -0.0824. The molecule has 118 valence electrons. The molecule has 0 atom stereocenters. The van der Waals surface area contributed by atoms with E-state index in [1.165, 1.54) is 12.1 Å². The lowest BCUT2D eigenvalue weighted by atomic mass is 10.1. The zero-order chi connectivity index (χ0) is 15.8. The highest BCUT2D eigenvalue weighted by Gasteiger charge is 2.32. The van der Waals surface area contributed by atoms with Crippen LogP contribution in [-0.2, 0) is 12.7 Å². The van der Waals surface area contributed by atoms with Crippen molar-refractivity contribution in [2.24, 2.45) is 0 Å². The Kier molecular flexibility index (Phi) is 5.77. The van der Waals surface area contributed by atoms with E-state index < -0.39 is 11.7 Å². The second-order valence-corrected chi connectivity index (χ2v) is 4.85. The average Bonchev–Trinajstić information content (AvgIpc) is 2.51. The number of anilines is 1. The van der Waals surface area contributed by atoms with Crippen molar-refractivity contribution in [1.29, 1.82) is 0 Å². The van der Waals surface area contributed by atoms with Gasteiger partial charge < -0.3 is 10.6 Å². The van der Waals surface area contributed by atoms with Crippen molar-refractivity contribution in [2.75, 3.05) is 18.4 Å². The third-order valence-electron chi connectivity index (χ3n) is 3.18. The number of alkyl halides is 3. The third-order valence-corrected chi connectivity index (χ3v) is 3.18. The monoisotopic (exact) mass is 309 g/mol. The number of rotatable bonds is 7. The highest BCUT2D eigenvalue weighted by Crippen LogP contribution is 2.31. The van der Waals surface area contributed by atoms with Gasteiger partial charge >= 0.3 is 6.18 Å². The van der Waals surface area contributed by atoms with Crippen LogP contribution in [0.25, 0.3) is 0 Å². The first kappa shape index (κ1) is 16.3. The van der Waals surface area contributed by atoms with E-state index in [9.17, 15) is 13.2 Å². The van der Waals surface area contributed by atoms with Gasteiger partial charge in [0.1, 0.15) is 0 Å². The lowest BCUT2D eigenvalue weighted by molar-refractivity contribution is -0.138. The molecule has 0 fully saturated rings. The van der Waals surface area contributed by atoms with Crippen molar-refractivity contribution >= 4 is 5.69 Å². The van der Waals surface area contributed by atoms with Crippen LogP contribution in [0.4, 0.5) is 18.9 Å². The van der Waals surface area contributed by atoms with E-state index in [0.717, 1.165) is 24.7 Å². The van der Waals surface area contributed by atoms with Crippen molar-refractivity contribution in [3.63, 3.8) is 0 Å². The number of nitrogens with zero attached hydrogens (tertiary/aromatic N) is 1. The lowest BCUT2D eigenvalue weighted by Crippen LogP contribution is -2.20. The fourth-order valence-corrected chi connectivity index (χ4v) is 2.09. The summed E-state index contributed by atoms with van der Waals surface area (Å²) in [6.45, 7) is 1.60. The maximum absolute atomic E-state index is 12.8. The molecule has 2 aromatic rings. The maximum Gasteiger partial charge on any atom is 0.416 e. The van der Waals surface area contributed by atoms with Gasteiger partial charge in [-0.3, -0.25) is 4.98 Å². The summed E-state index contributed by atoms with van der Waals surface area (Å²) in [7, 11) is 0. The van der Waals surface area contributed by atoms with Crippen LogP contribution in [0, 0.1) is 0 Å². The Morgan fingerprint density at radius 1 is 0.955 bits per heavy atom. The molecular weight excluding hydrogens is 291 g/mol. The van der Waals surface area contributed by atoms with Gasteiger partial charge in [0.2, 0.25) is 0 Å². The van der Waals surface area contributed by atoms with Gasteiger partial charge in [-0.15, -0.1) is 0 Å². The molecule has 1 heterocycles. The van der Waals surface area contributed by atoms with Gasteiger partial charge in [0, 0.05) is 31.2 Å². The second-order valence-electron chi connectivity index (χ2n) is 4.85. The van der Waals surface area contributed by atoms with Gasteiger partial charge in [0.25, 0.3) is 0 Å². The summed E-state index contributed by atoms with van der Waals surface area (Å²) in [6, 6.07) is 9.38. The van der Waals surface area contributed by atoms with Crippen molar-refractivity contribution < 1.29 is 13.2 Å². The van der Waals surface area contributed by atoms with E-state index in [1.807, 2.05) is 12.1 Å². The maximum atomic E-state index is 12.8. The fourth-order valence-electron chi connectivity index (χ4n) is 2.09. The van der Waals surface area contributed by atoms with E-state index in [-0.39, 0.29) is 12.1 Å². The number of hydrogen-bond acceptors (Lipinski definition) is 3. The molecule has 0 spiro atoms. The molecule has 0 bridgehead atoms. The predicted octanol–water partition coefficient (Wildman–Crippen LogP) is 3.69. The molecule has 0 saturated heterocycles. The van der Waals surface area contributed by atoms with Crippen LogP contribution in [0.5, 0.6) is 0 Å². The van der Waals surface area contributed by atoms with Crippen LogP contribution in [-0.4, -0.2) is 18.1 Å². The zero-order valence-electron chi connectivity index (χ0n) is 12.0. The van der Waals surface area contributed by atoms with E-state index >= 15 is 0 Å². The van der Waals surface area contributed by atoms with Crippen molar-refractivity contribution in [1.82, 2.24) is 10.3 Å². The Morgan fingerprint density at radius 2 is 1.68 bits per heavy atom. The summed E-state index contributed by atoms with van der Waals surface area (Å²) in [5.74, 6) is 0. The van der Waals surface area contributed by atoms with Gasteiger partial charge in [0.05, 0.1) is 5.56 Å². The number of hydrogen-bond donors (Lipinski definition) is 2. The highest BCUT2D eigenvalue weighted by molar-refractivity contribution is 5.40. The molecule has 6 heteroatoms. The first-order chi connectivity index (χ1) is 10.6. The summed E-state index contributed by atoms with van der Waals surface area (Å²) in [5.41, 5.74) is 0.687. The van der Waals surface area contributed by atoms with E-state index in [2.05, 4.69) is 15.6 Å². The SMILES string of the molecule is FC(F)(F)c1ccccc1CNCCCNc1ccncc1. The number of nitrogens with one attached hydrogen (secondary N) is 2. The Balaban J connectivity index is 1.71. The molecule has 0 saturated carbocycles. The molecule has 2 rings (SSSR count). The number of benzene rings is 1. The molecule has 3 nitrogen and oxygen atoms in total. The Labute approximate surface area is 127 Å². The fraction of sp³-hybridized carbons (Fsp3) is 0.312. The molecule has 0 radical (unpaired) electrons. The molecule has 0 amide bonds. The summed E-state index contributed by atoms with van der Waals surface area (Å²) >= 11 is 0. The molecule has 0 aliphatic carbocycles. The standard InChI is InChI=1S/C16H18F3N3/c17-16(18,19)15-5-2-1-4-13(15)12-21-8-3-9-22-14-6-10-20-11-7-14/h1-2,4-7,10-11,21H,3,8-9,12H2,(H,20,22). The first-order valence-electron chi connectivity index (χ1n) is 7.07. The van der Waals surface area contributed by atoms with Gasteiger partial charge in [-0.05, 0) is 36.7 Å². The highest BCUT2D eigenvalue weighted by atomic mass is 19.4. The topological polar surface area (TPSA) is 37.0 Å². The van der Waals surface area contributed by atoms with Crippen LogP contribution in [0.1, 0.15) is 17.5 Å². The van der Waals surface area contributed by atoms with E-state index in [4.69, 9.17) is 0 Å². The van der Waals surface area contributed by atoms with Crippen molar-refractivity contribution in [3.8, 4) is 0 Å². The van der Waals surface area contributed by atoms with E-state index in [1.54, 1.807) is 18.5 Å². The van der Waals surface area contributed by atoms with Crippen molar-refractivity contribution in [3.05, 3.63) is 59.9 Å². The minimum atomic E-state index is -4.30. The minimum absolute atomic E-state index is 0.213. The van der Waals surface area contributed by atoms with Crippen LogP contribution in [0.15, 0.2) is 48.8 Å². The molecule has 1 aromatic carbocycles. The lowest BCUT2D eigenvalue weighted by Gasteiger charge is -2.13. The summed E-state index contributed by atoms with van der Waals surface area (Å²) in [4.78, 5) is 3.92. The molecule has 0 aliphatic heterocycles. The van der Waals surface area contributed by atoms with Crippen LogP contribution in [0.3, 0.4) is 0 Å². The first-order valence-corrected chi connectivity index (χ1v) is 7.07. The van der Waals surface area contributed by atoms with Gasteiger partial charge in [0.15, 0.2) is 0 Å². The third kappa shape index (κ3) is 5.04. The zero-order valence-corrected chi connectivity index (χ0v) is 12.0. The molecule has 1 aromatic heterocycles. The number of pyridine rings is 1. The molecule has 0 aliphatic rings. The second kappa shape index (κ2) is 7.79. The average molecular weight is 309 g/mol. The molecule has 0 unspecified atom stereocenters. The normalized spacial score (nSPS) is 11.4. The Hall–Kier alpha value is -2.08. The predicted molar refractivity (Wildman–Crippen MR) is 80.5 cm³/mol. The van der Waals surface area contributed by atoms with Crippen LogP contribution >= 0.6 is 0 Å². The minimum Gasteiger partial charge on any atom is -0.385 e. The van der Waals surface area contributed by atoms with Crippen molar-refractivity contribution in [2.45, 2.75) is 19.1 Å². The Morgan fingerprint density at radius 3 is 2.41 bits per heavy atom. The largest absolute Gasteiger partial charge is 0.416 e.